The number of quaternary nitrogens is 1. The molecule has 0 aliphatic carbocycles. The second kappa shape index (κ2) is 67.8. The van der Waals surface area contributed by atoms with Gasteiger partial charge < -0.3 is 18.9 Å². The molecule has 0 rings (SSSR count). The van der Waals surface area contributed by atoms with E-state index in [4.69, 9.17) is 18.5 Å². The molecule has 9 nitrogen and oxygen atoms in total. The fraction of sp³-hybridized carbons (Fsp3) is 0.718. The number of likely N-dealkylation sites (N-methyl/N-ethyl adjacent to an activating group) is 1. The Hall–Kier alpha value is -3.59. The summed E-state index contributed by atoms with van der Waals surface area (Å²) in [5.74, 6) is -0.804. The first-order chi connectivity index (χ1) is 43.0. The number of unbranched alkanes of at least 4 members (excludes halogenated alkanes) is 32. The number of allylic oxidation sites excluding steroid dienone is 20. The van der Waals surface area contributed by atoms with Crippen LogP contribution in [-0.2, 0) is 32.7 Å². The van der Waals surface area contributed by atoms with Gasteiger partial charge in [0.05, 0.1) is 27.7 Å². The molecule has 2 unspecified atom stereocenters. The highest BCUT2D eigenvalue weighted by molar-refractivity contribution is 7.47. The molecule has 506 valence electrons. The smallest absolute Gasteiger partial charge is 0.462 e. The Labute approximate surface area is 543 Å². The Morgan fingerprint density at radius 3 is 0.909 bits per heavy atom. The molecule has 0 aromatic heterocycles. The van der Waals surface area contributed by atoms with E-state index in [1.54, 1.807) is 0 Å². The van der Waals surface area contributed by atoms with Crippen LogP contribution in [0, 0.1) is 0 Å². The average Bonchev–Trinajstić information content (AvgIpc) is 3.58. The first-order valence-corrected chi connectivity index (χ1v) is 37.8. The van der Waals surface area contributed by atoms with Crippen molar-refractivity contribution in [2.45, 2.75) is 315 Å². The third-order valence-electron chi connectivity index (χ3n) is 15.5. The fourth-order valence-electron chi connectivity index (χ4n) is 10.0. The molecule has 0 amide bonds. The Balaban J connectivity index is 3.96. The van der Waals surface area contributed by atoms with E-state index in [9.17, 15) is 19.0 Å². The number of phosphoric acid groups is 1. The third-order valence-corrected chi connectivity index (χ3v) is 16.5. The maximum atomic E-state index is 12.9. The summed E-state index contributed by atoms with van der Waals surface area (Å²) in [7, 11) is 1.47. The molecule has 0 aromatic carbocycles. The molecule has 88 heavy (non-hydrogen) atoms. The Morgan fingerprint density at radius 1 is 0.352 bits per heavy atom. The van der Waals surface area contributed by atoms with Gasteiger partial charge >= 0.3 is 19.8 Å². The van der Waals surface area contributed by atoms with Crippen molar-refractivity contribution in [3.05, 3.63) is 122 Å². The topological polar surface area (TPSA) is 108 Å². The Bertz CT molecular complexity index is 1900. The van der Waals surface area contributed by atoms with Crippen molar-refractivity contribution in [3.8, 4) is 0 Å². The van der Waals surface area contributed by atoms with Crippen LogP contribution in [0.15, 0.2) is 122 Å². The van der Waals surface area contributed by atoms with Crippen molar-refractivity contribution in [1.82, 2.24) is 0 Å². The van der Waals surface area contributed by atoms with Gasteiger partial charge in [-0.25, -0.2) is 4.57 Å². The van der Waals surface area contributed by atoms with E-state index in [2.05, 4.69) is 135 Å². The van der Waals surface area contributed by atoms with Gasteiger partial charge in [0.2, 0.25) is 0 Å². The minimum Gasteiger partial charge on any atom is -0.462 e. The van der Waals surface area contributed by atoms with E-state index < -0.39 is 26.5 Å². The molecule has 1 N–H and O–H groups in total. The summed E-state index contributed by atoms with van der Waals surface area (Å²) in [6.45, 7) is 4.22. The summed E-state index contributed by atoms with van der Waals surface area (Å²) >= 11 is 0. The maximum Gasteiger partial charge on any atom is 0.472 e. The monoisotopic (exact) mass is 1250 g/mol. The summed E-state index contributed by atoms with van der Waals surface area (Å²) in [5.41, 5.74) is 0. The molecule has 0 spiro atoms. The zero-order chi connectivity index (χ0) is 64.1. The van der Waals surface area contributed by atoms with Crippen LogP contribution in [0.25, 0.3) is 0 Å². The molecule has 0 saturated carbocycles. The second-order valence-electron chi connectivity index (χ2n) is 25.2. The number of hydrogen-bond acceptors (Lipinski definition) is 7. The summed E-state index contributed by atoms with van der Waals surface area (Å²) in [4.78, 5) is 35.9. The predicted molar refractivity (Wildman–Crippen MR) is 381 cm³/mol. The maximum absolute atomic E-state index is 12.9. The van der Waals surface area contributed by atoms with Gasteiger partial charge in [0, 0.05) is 12.8 Å². The molecule has 0 radical (unpaired) electrons. The van der Waals surface area contributed by atoms with Gasteiger partial charge in [-0.2, -0.15) is 0 Å². The highest BCUT2D eigenvalue weighted by atomic mass is 31.2. The molecule has 10 heteroatoms. The number of nitrogens with zero attached hydrogens (tertiary/aromatic N) is 1. The van der Waals surface area contributed by atoms with Crippen LogP contribution in [0.4, 0.5) is 0 Å². The largest absolute Gasteiger partial charge is 0.472 e. The summed E-state index contributed by atoms with van der Waals surface area (Å²) < 4.78 is 34.7. The van der Waals surface area contributed by atoms with Gasteiger partial charge in [0.1, 0.15) is 19.8 Å². The van der Waals surface area contributed by atoms with Crippen molar-refractivity contribution in [1.29, 1.82) is 0 Å². The number of hydrogen-bond donors (Lipinski definition) is 1. The van der Waals surface area contributed by atoms with Crippen LogP contribution >= 0.6 is 7.82 Å². The molecule has 0 aliphatic rings. The van der Waals surface area contributed by atoms with Crippen LogP contribution in [0.3, 0.4) is 0 Å². The van der Waals surface area contributed by atoms with Crippen LogP contribution in [-0.4, -0.2) is 74.9 Å². The van der Waals surface area contributed by atoms with Gasteiger partial charge in [-0.3, -0.25) is 18.6 Å². The minimum atomic E-state index is -4.40. The van der Waals surface area contributed by atoms with Gasteiger partial charge in [-0.15, -0.1) is 0 Å². The number of ether oxygens (including phenoxy) is 2. The Morgan fingerprint density at radius 2 is 0.614 bits per heavy atom. The predicted octanol–water partition coefficient (Wildman–Crippen LogP) is 23.8. The molecule has 0 aromatic rings. The van der Waals surface area contributed by atoms with Crippen molar-refractivity contribution >= 4 is 19.8 Å². The summed E-state index contributed by atoms with van der Waals surface area (Å²) in [6, 6.07) is 0. The number of carbonyl (C=O) groups is 2. The molecular weight excluding hydrogens is 1110 g/mol. The van der Waals surface area contributed by atoms with Gasteiger partial charge in [0.15, 0.2) is 6.10 Å². The third kappa shape index (κ3) is 71.5. The lowest BCUT2D eigenvalue weighted by atomic mass is 10.0. The van der Waals surface area contributed by atoms with Crippen LogP contribution in [0.2, 0.25) is 0 Å². The number of phosphoric ester groups is 1. The van der Waals surface area contributed by atoms with E-state index >= 15 is 0 Å². The number of esters is 2. The van der Waals surface area contributed by atoms with E-state index in [1.165, 1.54) is 167 Å². The molecule has 2 atom stereocenters. The standard InChI is InChI=1S/C78H136NO8P/c1-6-8-10-12-14-16-18-20-22-24-26-28-30-31-32-33-34-35-36-37-38-39-40-41-42-43-44-45-46-47-49-51-53-55-57-59-61-63-65-67-69-71-78(81)87-76(75-86-88(82,83)85-73-72-79(3,4)5)74-84-77(80)70-68-66-64-62-60-58-56-54-52-50-48-29-27-25-23-21-19-17-15-13-11-9-7-2/h8-11,14-17,20-23,26-29,31-32,50,52,76H,6-7,12-13,18-19,24-25,30,33-49,51,53-75H2,1-5H3/p+1/b10-8-,11-9-,16-14-,17-15-,22-20-,23-21-,28-26-,29-27-,32-31-,52-50-. The Kier molecular flexibility index (Phi) is 65.0. The highest BCUT2D eigenvalue weighted by Gasteiger charge is 2.27. The van der Waals surface area contributed by atoms with Gasteiger partial charge in [0.25, 0.3) is 0 Å². The highest BCUT2D eigenvalue weighted by Crippen LogP contribution is 2.43. The van der Waals surface area contributed by atoms with E-state index in [1.807, 2.05) is 21.1 Å². The molecule has 0 aliphatic heterocycles. The lowest BCUT2D eigenvalue weighted by Crippen LogP contribution is -2.37. The summed E-state index contributed by atoms with van der Waals surface area (Å²) in [6.07, 6.45) is 97.5. The fourth-order valence-corrected chi connectivity index (χ4v) is 10.8. The lowest BCUT2D eigenvalue weighted by molar-refractivity contribution is -0.870. The normalized spacial score (nSPS) is 13.8. The van der Waals surface area contributed by atoms with Crippen LogP contribution in [0.1, 0.15) is 309 Å². The quantitative estimate of drug-likeness (QED) is 0.0211. The number of carbonyl (C=O) groups excluding carboxylic acids is 2. The molecule has 0 saturated heterocycles. The van der Waals surface area contributed by atoms with Crippen molar-refractivity contribution in [3.63, 3.8) is 0 Å². The van der Waals surface area contributed by atoms with E-state index in [0.29, 0.717) is 17.4 Å². The minimum absolute atomic E-state index is 0.0265. The van der Waals surface area contributed by atoms with Crippen molar-refractivity contribution < 1.29 is 42.1 Å². The van der Waals surface area contributed by atoms with Gasteiger partial charge in [-0.05, 0) is 103 Å². The first-order valence-electron chi connectivity index (χ1n) is 36.3. The lowest BCUT2D eigenvalue weighted by Gasteiger charge is -2.24. The van der Waals surface area contributed by atoms with Gasteiger partial charge in [-0.1, -0.05) is 315 Å². The molecular formula is C78H137NO8P+. The zero-order valence-electron chi connectivity index (χ0n) is 57.7. The SMILES string of the molecule is CC/C=C\C/C=C\C/C=C\C/C=C\C/C=C\CCCCCCCCCCCCCCCCCCCCCCCCCCCC(=O)OC(COC(=O)CCCCCCCCC/C=C\C/C=C\C/C=C\C/C=C\C/C=C\CC)COP(=O)(O)OCC[N+](C)(C)C. The van der Waals surface area contributed by atoms with E-state index in [-0.39, 0.29) is 32.0 Å². The van der Waals surface area contributed by atoms with Crippen LogP contribution in [0.5, 0.6) is 0 Å². The van der Waals surface area contributed by atoms with Crippen molar-refractivity contribution in [2.24, 2.45) is 0 Å². The number of rotatable bonds is 66. The second-order valence-corrected chi connectivity index (χ2v) is 26.7. The summed E-state index contributed by atoms with van der Waals surface area (Å²) in [5, 5.41) is 0. The molecule has 0 heterocycles. The molecule has 0 fully saturated rings. The average molecular weight is 1250 g/mol. The van der Waals surface area contributed by atoms with E-state index in [0.717, 1.165) is 109 Å². The molecule has 0 bridgehead atoms. The first kappa shape index (κ1) is 84.4. The zero-order valence-corrected chi connectivity index (χ0v) is 58.6. The van der Waals surface area contributed by atoms with Crippen LogP contribution < -0.4 is 0 Å². The van der Waals surface area contributed by atoms with Crippen molar-refractivity contribution in [2.75, 3.05) is 47.5 Å².